The molecule has 72 valence electrons. The van der Waals surface area contributed by atoms with Gasteiger partial charge in [-0.05, 0) is 12.3 Å². The van der Waals surface area contributed by atoms with Gasteiger partial charge in [-0.1, -0.05) is 13.8 Å². The Morgan fingerprint density at radius 3 is 2.33 bits per heavy atom. The highest BCUT2D eigenvalue weighted by Crippen LogP contribution is 2.11. The molecule has 0 amide bonds. The molecule has 0 aromatic carbocycles. The van der Waals surface area contributed by atoms with Crippen molar-refractivity contribution < 1.29 is 8.42 Å². The fourth-order valence-corrected chi connectivity index (χ4v) is 2.96. The van der Waals surface area contributed by atoms with Crippen LogP contribution in [0.1, 0.15) is 20.3 Å². The highest BCUT2D eigenvalue weighted by Gasteiger charge is 2.30. The zero-order valence-corrected chi connectivity index (χ0v) is 8.52. The van der Waals surface area contributed by atoms with Crippen LogP contribution in [0.2, 0.25) is 0 Å². The number of hydrogen-bond acceptors (Lipinski definition) is 3. The second-order valence-corrected chi connectivity index (χ2v) is 6.23. The van der Waals surface area contributed by atoms with Crippen molar-refractivity contribution in [1.82, 2.24) is 5.32 Å². The first-order valence-corrected chi connectivity index (χ1v) is 6.16. The van der Waals surface area contributed by atoms with Gasteiger partial charge in [0.1, 0.15) is 0 Å². The van der Waals surface area contributed by atoms with Gasteiger partial charge in [-0.15, -0.1) is 0 Å². The maximum Gasteiger partial charge on any atom is 0.155 e. The smallest absolute Gasteiger partial charge is 0.155 e. The Morgan fingerprint density at radius 2 is 2.00 bits per heavy atom. The Labute approximate surface area is 74.5 Å². The molecule has 0 spiro atoms. The lowest BCUT2D eigenvalue weighted by atomic mass is 10.2. The number of hydrogen-bond donors (Lipinski definition) is 1. The van der Waals surface area contributed by atoms with Gasteiger partial charge >= 0.3 is 0 Å². The van der Waals surface area contributed by atoms with Crippen LogP contribution in [0.3, 0.4) is 0 Å². The minimum atomic E-state index is -2.78. The summed E-state index contributed by atoms with van der Waals surface area (Å²) in [5.41, 5.74) is 0. The molecule has 4 heteroatoms. The molecule has 1 aliphatic heterocycles. The molecular formula is C8H17NO2S. The molecule has 1 N–H and O–H groups in total. The predicted molar refractivity (Wildman–Crippen MR) is 49.9 cm³/mol. The number of rotatable bonds is 4. The normalized spacial score (nSPS) is 19.6. The molecule has 0 aromatic rings. The van der Waals surface area contributed by atoms with Gasteiger partial charge in [0.05, 0.1) is 11.0 Å². The van der Waals surface area contributed by atoms with Crippen LogP contribution in [0, 0.1) is 5.92 Å². The lowest BCUT2D eigenvalue weighted by molar-refractivity contribution is 0.490. The molecule has 1 aliphatic rings. The minimum Gasteiger partial charge on any atom is -0.314 e. The lowest BCUT2D eigenvalue weighted by Gasteiger charge is -2.26. The fourth-order valence-electron chi connectivity index (χ4n) is 1.08. The van der Waals surface area contributed by atoms with Gasteiger partial charge in [-0.3, -0.25) is 0 Å². The first-order valence-electron chi connectivity index (χ1n) is 4.44. The fraction of sp³-hybridized carbons (Fsp3) is 1.00. The highest BCUT2D eigenvalue weighted by atomic mass is 32.2. The summed E-state index contributed by atoms with van der Waals surface area (Å²) in [7, 11) is -2.78. The van der Waals surface area contributed by atoms with E-state index in [4.69, 9.17) is 0 Å². The van der Waals surface area contributed by atoms with E-state index in [1.165, 1.54) is 0 Å². The summed E-state index contributed by atoms with van der Waals surface area (Å²) >= 11 is 0. The zero-order chi connectivity index (χ0) is 9.19. The van der Waals surface area contributed by atoms with Crippen molar-refractivity contribution >= 4 is 9.84 Å². The van der Waals surface area contributed by atoms with Crippen LogP contribution < -0.4 is 5.32 Å². The molecule has 0 atom stereocenters. The van der Waals surface area contributed by atoms with E-state index in [2.05, 4.69) is 19.2 Å². The van der Waals surface area contributed by atoms with Gasteiger partial charge in [0.2, 0.25) is 0 Å². The summed E-state index contributed by atoms with van der Waals surface area (Å²) in [6.45, 7) is 5.41. The molecule has 0 bridgehead atoms. The van der Waals surface area contributed by atoms with E-state index < -0.39 is 9.84 Å². The summed E-state index contributed by atoms with van der Waals surface area (Å²) in [6.07, 6.45) is 0.791. The molecule has 0 radical (unpaired) electrons. The first kappa shape index (κ1) is 9.99. The van der Waals surface area contributed by atoms with Crippen molar-refractivity contribution in [2.75, 3.05) is 18.8 Å². The third kappa shape index (κ3) is 2.45. The van der Waals surface area contributed by atoms with E-state index in [1.54, 1.807) is 0 Å². The maximum absolute atomic E-state index is 11.5. The Morgan fingerprint density at radius 1 is 1.42 bits per heavy atom. The lowest BCUT2D eigenvalue weighted by Crippen LogP contribution is -2.52. The third-order valence-corrected chi connectivity index (χ3v) is 4.39. The molecular weight excluding hydrogens is 174 g/mol. The monoisotopic (exact) mass is 191 g/mol. The molecule has 0 aromatic heterocycles. The molecule has 12 heavy (non-hydrogen) atoms. The van der Waals surface area contributed by atoms with Crippen molar-refractivity contribution in [1.29, 1.82) is 0 Å². The van der Waals surface area contributed by atoms with Gasteiger partial charge in [0, 0.05) is 13.1 Å². The predicted octanol–water partition coefficient (Wildman–Crippen LogP) is 0.419. The minimum absolute atomic E-state index is 0.101. The van der Waals surface area contributed by atoms with Crippen LogP contribution in [-0.4, -0.2) is 32.5 Å². The largest absolute Gasteiger partial charge is 0.314 e. The quantitative estimate of drug-likeness (QED) is 0.700. The molecule has 3 nitrogen and oxygen atoms in total. The number of sulfone groups is 1. The van der Waals surface area contributed by atoms with Crippen molar-refractivity contribution in [2.45, 2.75) is 25.5 Å². The van der Waals surface area contributed by atoms with Gasteiger partial charge < -0.3 is 5.32 Å². The van der Waals surface area contributed by atoms with Gasteiger partial charge in [0.15, 0.2) is 9.84 Å². The van der Waals surface area contributed by atoms with E-state index in [-0.39, 0.29) is 5.25 Å². The molecule has 0 saturated carbocycles. The van der Waals surface area contributed by atoms with Crippen molar-refractivity contribution in [3.05, 3.63) is 0 Å². The van der Waals surface area contributed by atoms with Crippen LogP contribution in [0.15, 0.2) is 0 Å². The molecule has 1 heterocycles. The van der Waals surface area contributed by atoms with Crippen molar-refractivity contribution in [2.24, 2.45) is 5.92 Å². The maximum atomic E-state index is 11.5. The summed E-state index contributed by atoms with van der Waals surface area (Å²) in [5, 5.41) is 2.88. The van der Waals surface area contributed by atoms with Crippen molar-refractivity contribution in [3.8, 4) is 0 Å². The van der Waals surface area contributed by atoms with E-state index in [0.717, 1.165) is 6.42 Å². The molecule has 0 aliphatic carbocycles. The number of nitrogens with one attached hydrogen (secondary N) is 1. The molecule has 0 unspecified atom stereocenters. The molecule has 1 rings (SSSR count). The van der Waals surface area contributed by atoms with Gasteiger partial charge in [0.25, 0.3) is 0 Å². The average molecular weight is 191 g/mol. The third-order valence-electron chi connectivity index (χ3n) is 2.23. The standard InChI is InChI=1S/C8H17NO2S/c1-7(2)3-4-12(10,11)8-5-9-6-8/h7-9H,3-6H2,1-2H3. The Hall–Kier alpha value is -0.0900. The topological polar surface area (TPSA) is 46.2 Å². The highest BCUT2D eigenvalue weighted by molar-refractivity contribution is 7.92. The Kier molecular flexibility index (Phi) is 3.12. The summed E-state index contributed by atoms with van der Waals surface area (Å²) in [5.74, 6) is 0.838. The van der Waals surface area contributed by atoms with E-state index >= 15 is 0 Å². The summed E-state index contributed by atoms with van der Waals surface area (Å²) < 4.78 is 23.0. The van der Waals surface area contributed by atoms with E-state index in [0.29, 0.717) is 24.8 Å². The van der Waals surface area contributed by atoms with Crippen LogP contribution in [-0.2, 0) is 9.84 Å². The first-order chi connectivity index (χ1) is 5.52. The Balaban J connectivity index is 2.38. The van der Waals surface area contributed by atoms with Crippen LogP contribution >= 0.6 is 0 Å². The second-order valence-electron chi connectivity index (χ2n) is 3.83. The Bertz CT molecular complexity index is 229. The van der Waals surface area contributed by atoms with Gasteiger partial charge in [-0.2, -0.15) is 0 Å². The summed E-state index contributed by atoms with van der Waals surface area (Å²) in [4.78, 5) is 0. The molecule has 1 fully saturated rings. The van der Waals surface area contributed by atoms with Crippen LogP contribution in [0.25, 0.3) is 0 Å². The zero-order valence-electron chi connectivity index (χ0n) is 7.71. The van der Waals surface area contributed by atoms with E-state index in [1.807, 2.05) is 0 Å². The molecule has 1 saturated heterocycles. The van der Waals surface area contributed by atoms with Crippen LogP contribution in [0.4, 0.5) is 0 Å². The van der Waals surface area contributed by atoms with Crippen LogP contribution in [0.5, 0.6) is 0 Å². The van der Waals surface area contributed by atoms with E-state index in [9.17, 15) is 8.42 Å². The van der Waals surface area contributed by atoms with Crippen molar-refractivity contribution in [3.63, 3.8) is 0 Å². The average Bonchev–Trinajstić information content (AvgIpc) is 1.78. The van der Waals surface area contributed by atoms with Gasteiger partial charge in [-0.25, -0.2) is 8.42 Å². The SMILES string of the molecule is CC(C)CCS(=O)(=O)C1CNC1. The summed E-state index contributed by atoms with van der Waals surface area (Å²) in [6, 6.07) is 0. The second kappa shape index (κ2) is 3.75.